The molecule has 1 aromatic heterocycles. The largest absolute Gasteiger partial charge is 0.507 e. The number of phenols is 1. The van der Waals surface area contributed by atoms with E-state index in [0.29, 0.717) is 11.3 Å². The molecule has 2 N–H and O–H groups in total. The lowest BCUT2D eigenvalue weighted by Gasteiger charge is -2.08. The van der Waals surface area contributed by atoms with Gasteiger partial charge >= 0.3 is 0 Å². The van der Waals surface area contributed by atoms with Crippen molar-refractivity contribution in [1.82, 2.24) is 0 Å². The highest BCUT2D eigenvalue weighted by molar-refractivity contribution is 5.87. The van der Waals surface area contributed by atoms with Crippen LogP contribution in [0, 0.1) is 6.92 Å². The van der Waals surface area contributed by atoms with E-state index in [-0.39, 0.29) is 22.5 Å². The number of aryl methyl sites for hydroxylation is 1. The Morgan fingerprint density at radius 1 is 1.09 bits per heavy atom. The van der Waals surface area contributed by atoms with E-state index in [1.165, 1.54) is 6.07 Å². The van der Waals surface area contributed by atoms with Crippen LogP contribution in [0.2, 0.25) is 0 Å². The monoisotopic (exact) mass is 298 g/mol. The number of rotatable bonds is 2. The van der Waals surface area contributed by atoms with Crippen LogP contribution in [-0.4, -0.2) is 17.3 Å². The fourth-order valence-electron chi connectivity index (χ4n) is 2.36. The molecule has 0 saturated carbocycles. The molecule has 3 aromatic rings. The molecule has 0 aliphatic rings. The van der Waals surface area contributed by atoms with Crippen LogP contribution in [0.1, 0.15) is 5.56 Å². The molecular weight excluding hydrogens is 284 g/mol. The molecule has 0 fully saturated rings. The van der Waals surface area contributed by atoms with Gasteiger partial charge in [0.05, 0.1) is 7.11 Å². The van der Waals surface area contributed by atoms with E-state index in [4.69, 9.17) is 9.15 Å². The van der Waals surface area contributed by atoms with Crippen LogP contribution < -0.4 is 10.2 Å². The molecule has 0 unspecified atom stereocenters. The van der Waals surface area contributed by atoms with Crippen LogP contribution in [0.15, 0.2) is 45.6 Å². The second kappa shape index (κ2) is 5.11. The van der Waals surface area contributed by atoms with Crippen molar-refractivity contribution in [2.24, 2.45) is 0 Å². The first-order chi connectivity index (χ1) is 10.5. The summed E-state index contributed by atoms with van der Waals surface area (Å²) in [6.45, 7) is 1.78. The molecule has 2 aromatic carbocycles. The minimum absolute atomic E-state index is 0.0274. The average Bonchev–Trinajstić information content (AvgIpc) is 2.50. The molecule has 0 amide bonds. The molecule has 0 bridgehead atoms. The number of hydrogen-bond acceptors (Lipinski definition) is 5. The Morgan fingerprint density at radius 3 is 2.41 bits per heavy atom. The maximum absolute atomic E-state index is 12.3. The van der Waals surface area contributed by atoms with Gasteiger partial charge < -0.3 is 19.4 Å². The normalized spacial score (nSPS) is 10.8. The van der Waals surface area contributed by atoms with Crippen molar-refractivity contribution in [3.8, 4) is 28.6 Å². The molecule has 0 atom stereocenters. The summed E-state index contributed by atoms with van der Waals surface area (Å²) in [4.78, 5) is 12.3. The highest BCUT2D eigenvalue weighted by Gasteiger charge is 2.18. The van der Waals surface area contributed by atoms with Crippen molar-refractivity contribution in [3.63, 3.8) is 0 Å². The molecule has 22 heavy (non-hydrogen) atoms. The van der Waals surface area contributed by atoms with Gasteiger partial charge in [0, 0.05) is 5.56 Å². The lowest BCUT2D eigenvalue weighted by molar-refractivity contribution is 0.414. The molecule has 0 aliphatic heterocycles. The molecular formula is C17H14O5. The zero-order valence-corrected chi connectivity index (χ0v) is 12.1. The predicted molar refractivity (Wildman–Crippen MR) is 82.5 cm³/mol. The van der Waals surface area contributed by atoms with Crippen LogP contribution in [0.4, 0.5) is 0 Å². The molecule has 0 spiro atoms. The van der Waals surface area contributed by atoms with Crippen molar-refractivity contribution in [2.45, 2.75) is 6.92 Å². The van der Waals surface area contributed by atoms with Crippen LogP contribution >= 0.6 is 0 Å². The Labute approximate surface area is 126 Å². The minimum Gasteiger partial charge on any atom is -0.507 e. The van der Waals surface area contributed by atoms with Gasteiger partial charge in [-0.15, -0.1) is 0 Å². The molecule has 5 nitrogen and oxygen atoms in total. The standard InChI is InChI=1S/C17H14O5/c1-9-7-12(18)14-13(8-9)22-17(16(20)15(14)19)10-3-5-11(21-2)6-4-10/h3-8,18,20H,1-2H3. The smallest absolute Gasteiger partial charge is 0.238 e. The van der Waals surface area contributed by atoms with Gasteiger partial charge in [-0.1, -0.05) is 0 Å². The van der Waals surface area contributed by atoms with E-state index in [1.807, 2.05) is 0 Å². The van der Waals surface area contributed by atoms with Crippen molar-refractivity contribution >= 4 is 11.0 Å². The van der Waals surface area contributed by atoms with Gasteiger partial charge in [0.25, 0.3) is 0 Å². The Hall–Kier alpha value is -2.95. The van der Waals surface area contributed by atoms with Gasteiger partial charge in [-0.3, -0.25) is 4.79 Å². The summed E-state index contributed by atoms with van der Waals surface area (Å²) < 4.78 is 10.7. The van der Waals surface area contributed by atoms with Crippen molar-refractivity contribution < 1.29 is 19.4 Å². The first-order valence-electron chi connectivity index (χ1n) is 6.65. The zero-order valence-electron chi connectivity index (χ0n) is 12.1. The highest BCUT2D eigenvalue weighted by Crippen LogP contribution is 2.33. The van der Waals surface area contributed by atoms with Gasteiger partial charge in [-0.25, -0.2) is 0 Å². The highest BCUT2D eigenvalue weighted by atomic mass is 16.5. The molecule has 0 radical (unpaired) electrons. The molecule has 1 heterocycles. The maximum atomic E-state index is 12.3. The topological polar surface area (TPSA) is 79.9 Å². The summed E-state index contributed by atoms with van der Waals surface area (Å²) in [6, 6.07) is 9.85. The molecule has 3 rings (SSSR count). The number of benzene rings is 2. The maximum Gasteiger partial charge on any atom is 0.238 e. The third-order valence-electron chi connectivity index (χ3n) is 3.45. The van der Waals surface area contributed by atoms with E-state index in [9.17, 15) is 15.0 Å². The fraction of sp³-hybridized carbons (Fsp3) is 0.118. The summed E-state index contributed by atoms with van der Waals surface area (Å²) in [5.41, 5.74) is 0.855. The second-order valence-corrected chi connectivity index (χ2v) is 4.99. The summed E-state index contributed by atoms with van der Waals surface area (Å²) >= 11 is 0. The Kier molecular flexibility index (Phi) is 3.25. The first kappa shape index (κ1) is 14.0. The molecule has 112 valence electrons. The van der Waals surface area contributed by atoms with Gasteiger partial charge in [0.1, 0.15) is 22.5 Å². The number of ether oxygens (including phenoxy) is 1. The number of aromatic hydroxyl groups is 2. The first-order valence-corrected chi connectivity index (χ1v) is 6.65. The molecule has 0 aliphatic carbocycles. The van der Waals surface area contributed by atoms with Gasteiger partial charge in [0.15, 0.2) is 5.76 Å². The Balaban J connectivity index is 2.30. The summed E-state index contributed by atoms with van der Waals surface area (Å²) in [6.07, 6.45) is 0. The lowest BCUT2D eigenvalue weighted by atomic mass is 10.1. The van der Waals surface area contributed by atoms with Gasteiger partial charge in [-0.05, 0) is 48.9 Å². The number of fused-ring (bicyclic) bond motifs is 1. The summed E-state index contributed by atoms with van der Waals surface area (Å²) in [5.74, 6) is -0.0258. The number of phenolic OH excluding ortho intramolecular Hbond substituents is 1. The lowest BCUT2D eigenvalue weighted by Crippen LogP contribution is -2.03. The number of hydrogen-bond donors (Lipinski definition) is 2. The quantitative estimate of drug-likeness (QED) is 0.759. The predicted octanol–water partition coefficient (Wildman–Crippen LogP) is 3.19. The Bertz CT molecular complexity index is 907. The van der Waals surface area contributed by atoms with E-state index in [1.54, 1.807) is 44.4 Å². The van der Waals surface area contributed by atoms with E-state index >= 15 is 0 Å². The number of methoxy groups -OCH3 is 1. The van der Waals surface area contributed by atoms with Crippen LogP contribution in [-0.2, 0) is 0 Å². The van der Waals surface area contributed by atoms with Crippen LogP contribution in [0.5, 0.6) is 17.2 Å². The minimum atomic E-state index is -0.662. The van der Waals surface area contributed by atoms with E-state index in [0.717, 1.165) is 5.56 Å². The van der Waals surface area contributed by atoms with Crippen LogP contribution in [0.25, 0.3) is 22.3 Å². The van der Waals surface area contributed by atoms with Gasteiger partial charge in [0.2, 0.25) is 11.2 Å². The SMILES string of the molecule is COc1ccc(-c2oc3cc(C)cc(O)c3c(=O)c2O)cc1. The van der Waals surface area contributed by atoms with E-state index < -0.39 is 11.2 Å². The van der Waals surface area contributed by atoms with Crippen molar-refractivity contribution in [1.29, 1.82) is 0 Å². The van der Waals surface area contributed by atoms with Crippen LogP contribution in [0.3, 0.4) is 0 Å². The van der Waals surface area contributed by atoms with E-state index in [2.05, 4.69) is 0 Å². The molecule has 0 saturated heterocycles. The second-order valence-electron chi connectivity index (χ2n) is 4.99. The summed E-state index contributed by atoms with van der Waals surface area (Å²) in [7, 11) is 1.55. The average molecular weight is 298 g/mol. The Morgan fingerprint density at radius 2 is 1.77 bits per heavy atom. The van der Waals surface area contributed by atoms with Crippen molar-refractivity contribution in [3.05, 3.63) is 52.2 Å². The summed E-state index contributed by atoms with van der Waals surface area (Å²) in [5, 5.41) is 20.0. The van der Waals surface area contributed by atoms with Crippen molar-refractivity contribution in [2.75, 3.05) is 7.11 Å². The third kappa shape index (κ3) is 2.16. The molecule has 5 heteroatoms. The fourth-order valence-corrected chi connectivity index (χ4v) is 2.36. The van der Waals surface area contributed by atoms with Gasteiger partial charge in [-0.2, -0.15) is 0 Å². The third-order valence-corrected chi connectivity index (χ3v) is 3.45. The zero-order chi connectivity index (χ0) is 15.9.